The van der Waals surface area contributed by atoms with Gasteiger partial charge in [0.25, 0.3) is 0 Å². The van der Waals surface area contributed by atoms with Crippen LogP contribution < -0.4 is 5.32 Å². The Morgan fingerprint density at radius 3 is 2.47 bits per heavy atom. The summed E-state index contributed by atoms with van der Waals surface area (Å²) in [4.78, 5) is 21.9. The molecule has 0 aliphatic rings. The number of carbonyl (C=O) groups excluding carboxylic acids is 1. The highest BCUT2D eigenvalue weighted by molar-refractivity contribution is 7.98. The number of thioether (sulfide) groups is 1. The van der Waals surface area contributed by atoms with Crippen molar-refractivity contribution in [2.45, 2.75) is 31.9 Å². The van der Waals surface area contributed by atoms with Crippen molar-refractivity contribution in [1.29, 1.82) is 0 Å². The second-order valence-electron chi connectivity index (χ2n) is 3.16. The van der Waals surface area contributed by atoms with Crippen molar-refractivity contribution < 1.29 is 19.8 Å². The minimum Gasteiger partial charge on any atom is -0.480 e. The summed E-state index contributed by atoms with van der Waals surface area (Å²) in [5, 5.41) is 20.6. The SMILES string of the molecule is CCCC(=O)NC(C(=O)O)C(O)CSC. The predicted molar refractivity (Wildman–Crippen MR) is 58.9 cm³/mol. The third kappa shape index (κ3) is 5.64. The molecule has 0 aromatic rings. The zero-order valence-electron chi connectivity index (χ0n) is 8.90. The van der Waals surface area contributed by atoms with Gasteiger partial charge < -0.3 is 15.5 Å². The Morgan fingerprint density at radius 1 is 1.47 bits per heavy atom. The topological polar surface area (TPSA) is 86.6 Å². The molecule has 0 radical (unpaired) electrons. The molecule has 0 saturated heterocycles. The van der Waals surface area contributed by atoms with Gasteiger partial charge in [-0.3, -0.25) is 4.79 Å². The molecule has 0 bridgehead atoms. The van der Waals surface area contributed by atoms with Gasteiger partial charge in [0.1, 0.15) is 0 Å². The van der Waals surface area contributed by atoms with Crippen LogP contribution in [-0.4, -0.2) is 46.2 Å². The van der Waals surface area contributed by atoms with E-state index >= 15 is 0 Å². The molecular weight excluding hydrogens is 218 g/mol. The van der Waals surface area contributed by atoms with E-state index < -0.39 is 18.1 Å². The lowest BCUT2D eigenvalue weighted by atomic mass is 10.1. The number of nitrogens with one attached hydrogen (secondary N) is 1. The Morgan fingerprint density at radius 2 is 2.07 bits per heavy atom. The molecule has 15 heavy (non-hydrogen) atoms. The molecule has 0 saturated carbocycles. The smallest absolute Gasteiger partial charge is 0.328 e. The summed E-state index contributed by atoms with van der Waals surface area (Å²) in [6.07, 6.45) is 1.63. The molecule has 2 unspecified atom stereocenters. The Hall–Kier alpha value is -0.750. The van der Waals surface area contributed by atoms with Gasteiger partial charge in [-0.2, -0.15) is 11.8 Å². The summed E-state index contributed by atoms with van der Waals surface area (Å²) in [6.45, 7) is 1.83. The number of aliphatic hydroxyl groups is 1. The van der Waals surface area contributed by atoms with Gasteiger partial charge in [-0.1, -0.05) is 6.92 Å². The highest BCUT2D eigenvalue weighted by atomic mass is 32.2. The van der Waals surface area contributed by atoms with Gasteiger partial charge in [0.05, 0.1) is 6.10 Å². The third-order valence-electron chi connectivity index (χ3n) is 1.78. The molecule has 0 spiro atoms. The molecule has 0 aliphatic heterocycles. The fourth-order valence-corrected chi connectivity index (χ4v) is 1.60. The van der Waals surface area contributed by atoms with Gasteiger partial charge in [-0.15, -0.1) is 0 Å². The maximum atomic E-state index is 11.2. The van der Waals surface area contributed by atoms with Crippen LogP contribution in [0.15, 0.2) is 0 Å². The van der Waals surface area contributed by atoms with Crippen molar-refractivity contribution in [2.24, 2.45) is 0 Å². The Bertz CT molecular complexity index is 222. The van der Waals surface area contributed by atoms with E-state index in [1.165, 1.54) is 11.8 Å². The monoisotopic (exact) mass is 235 g/mol. The Balaban J connectivity index is 4.27. The molecule has 88 valence electrons. The minimum atomic E-state index is -1.21. The summed E-state index contributed by atoms with van der Waals surface area (Å²) in [5.74, 6) is -1.27. The Labute approximate surface area is 93.2 Å². The normalized spacial score (nSPS) is 14.3. The average Bonchev–Trinajstić information content (AvgIpc) is 2.14. The molecule has 0 aromatic heterocycles. The number of rotatable bonds is 7. The lowest BCUT2D eigenvalue weighted by Gasteiger charge is -2.19. The third-order valence-corrected chi connectivity index (χ3v) is 2.46. The van der Waals surface area contributed by atoms with Crippen molar-refractivity contribution in [1.82, 2.24) is 5.32 Å². The maximum Gasteiger partial charge on any atom is 0.328 e. The van der Waals surface area contributed by atoms with Crippen LogP contribution in [-0.2, 0) is 9.59 Å². The molecule has 0 rings (SSSR count). The number of amides is 1. The summed E-state index contributed by atoms with van der Waals surface area (Å²) in [7, 11) is 0. The van der Waals surface area contributed by atoms with Gasteiger partial charge >= 0.3 is 5.97 Å². The largest absolute Gasteiger partial charge is 0.480 e. The van der Waals surface area contributed by atoms with Gasteiger partial charge in [0, 0.05) is 12.2 Å². The maximum absolute atomic E-state index is 11.2. The van der Waals surface area contributed by atoms with Crippen molar-refractivity contribution in [2.75, 3.05) is 12.0 Å². The summed E-state index contributed by atoms with van der Waals surface area (Å²) >= 11 is 1.33. The number of carboxylic acid groups (broad SMARTS) is 1. The number of hydrogen-bond donors (Lipinski definition) is 3. The van der Waals surface area contributed by atoms with E-state index in [1.54, 1.807) is 6.26 Å². The molecule has 0 aromatic carbocycles. The van der Waals surface area contributed by atoms with E-state index in [0.29, 0.717) is 6.42 Å². The average molecular weight is 235 g/mol. The highest BCUT2D eigenvalue weighted by Gasteiger charge is 2.27. The van der Waals surface area contributed by atoms with Crippen LogP contribution in [0.1, 0.15) is 19.8 Å². The predicted octanol–water partition coefficient (Wildman–Crippen LogP) is 0.0798. The van der Waals surface area contributed by atoms with Crippen LogP contribution in [0.25, 0.3) is 0 Å². The van der Waals surface area contributed by atoms with Crippen LogP contribution in [0.5, 0.6) is 0 Å². The van der Waals surface area contributed by atoms with E-state index in [4.69, 9.17) is 5.11 Å². The Kier molecular flexibility index (Phi) is 7.15. The molecule has 0 heterocycles. The van der Waals surface area contributed by atoms with Crippen LogP contribution in [0.3, 0.4) is 0 Å². The second-order valence-corrected chi connectivity index (χ2v) is 4.07. The summed E-state index contributed by atoms with van der Waals surface area (Å²) in [6, 6.07) is -1.21. The lowest BCUT2D eigenvalue weighted by Crippen LogP contribution is -2.49. The van der Waals surface area contributed by atoms with Crippen molar-refractivity contribution in [3.8, 4) is 0 Å². The van der Waals surface area contributed by atoms with Crippen LogP contribution >= 0.6 is 11.8 Å². The second kappa shape index (κ2) is 7.53. The first-order chi connectivity index (χ1) is 7.02. The molecule has 2 atom stereocenters. The standard InChI is InChI=1S/C9H17NO4S/c1-3-4-7(12)10-8(9(13)14)6(11)5-15-2/h6,8,11H,3-5H2,1-2H3,(H,10,12)(H,13,14). The number of aliphatic carboxylic acids is 1. The first kappa shape index (κ1) is 14.2. The minimum absolute atomic E-state index is 0.274. The zero-order valence-corrected chi connectivity index (χ0v) is 9.71. The number of carboxylic acids is 1. The van der Waals surface area contributed by atoms with Gasteiger partial charge in [0.2, 0.25) is 5.91 Å². The number of aliphatic hydroxyl groups excluding tert-OH is 1. The first-order valence-corrected chi connectivity index (χ1v) is 6.11. The fraction of sp³-hybridized carbons (Fsp3) is 0.778. The van der Waals surface area contributed by atoms with E-state index in [0.717, 1.165) is 0 Å². The number of carbonyl (C=O) groups is 2. The lowest BCUT2D eigenvalue weighted by molar-refractivity contribution is -0.144. The first-order valence-electron chi connectivity index (χ1n) is 4.72. The van der Waals surface area contributed by atoms with Crippen LogP contribution in [0.2, 0.25) is 0 Å². The van der Waals surface area contributed by atoms with Crippen molar-refractivity contribution in [3.05, 3.63) is 0 Å². The quantitative estimate of drug-likeness (QED) is 0.582. The molecule has 0 fully saturated rings. The van der Waals surface area contributed by atoms with Crippen molar-refractivity contribution >= 4 is 23.6 Å². The van der Waals surface area contributed by atoms with Gasteiger partial charge in [-0.25, -0.2) is 4.79 Å². The summed E-state index contributed by atoms with van der Waals surface area (Å²) < 4.78 is 0. The van der Waals surface area contributed by atoms with E-state index in [2.05, 4.69) is 5.32 Å². The van der Waals surface area contributed by atoms with Gasteiger partial charge in [0.15, 0.2) is 6.04 Å². The molecule has 5 nitrogen and oxygen atoms in total. The van der Waals surface area contributed by atoms with E-state index in [1.807, 2.05) is 6.92 Å². The number of hydrogen-bond acceptors (Lipinski definition) is 4. The highest BCUT2D eigenvalue weighted by Crippen LogP contribution is 2.03. The fourth-order valence-electron chi connectivity index (χ4n) is 1.06. The molecule has 6 heteroatoms. The zero-order chi connectivity index (χ0) is 11.8. The molecule has 3 N–H and O–H groups in total. The van der Waals surface area contributed by atoms with Gasteiger partial charge in [-0.05, 0) is 12.7 Å². The van der Waals surface area contributed by atoms with E-state index in [9.17, 15) is 14.7 Å². The van der Waals surface area contributed by atoms with Crippen molar-refractivity contribution in [3.63, 3.8) is 0 Å². The van der Waals surface area contributed by atoms with Crippen LogP contribution in [0, 0.1) is 0 Å². The molecule has 0 aliphatic carbocycles. The molecular formula is C9H17NO4S. The molecule has 1 amide bonds. The summed E-state index contributed by atoms with van der Waals surface area (Å²) in [5.41, 5.74) is 0. The van der Waals surface area contributed by atoms with E-state index in [-0.39, 0.29) is 18.1 Å². The van der Waals surface area contributed by atoms with Crippen LogP contribution in [0.4, 0.5) is 0 Å².